The van der Waals surface area contributed by atoms with Crippen molar-refractivity contribution < 1.29 is 4.74 Å². The zero-order valence-electron chi connectivity index (χ0n) is 3.99. The quantitative estimate of drug-likeness (QED) is 0.430. The molecule has 0 aromatic heterocycles. The van der Waals surface area contributed by atoms with Crippen molar-refractivity contribution in [2.24, 2.45) is 0 Å². The molecule has 0 N–H and O–H groups in total. The van der Waals surface area contributed by atoms with Crippen molar-refractivity contribution in [3.63, 3.8) is 0 Å². The topological polar surface area (TPSA) is 9.23 Å². The number of hydrogen-bond donors (Lipinski definition) is 0. The van der Waals surface area contributed by atoms with E-state index in [9.17, 15) is 0 Å². The molecule has 0 heterocycles. The van der Waals surface area contributed by atoms with Crippen molar-refractivity contribution in [2.45, 2.75) is 6.42 Å². The Balaban J connectivity index is 2.45. The molecule has 0 aliphatic rings. The molecule has 0 aliphatic heterocycles. The van der Waals surface area contributed by atoms with Gasteiger partial charge in [-0.1, -0.05) is 11.6 Å². The Morgan fingerprint density at radius 3 is 2.43 bits per heavy atom. The Morgan fingerprint density at radius 1 is 1.29 bits per heavy atom. The van der Waals surface area contributed by atoms with E-state index in [2.05, 4.69) is 0 Å². The number of halogens is 2. The van der Waals surface area contributed by atoms with E-state index in [0.29, 0.717) is 12.5 Å². The largest absolute Gasteiger partial charge is 0.366 e. The third-order valence-corrected chi connectivity index (χ3v) is 0.921. The zero-order chi connectivity index (χ0) is 5.54. The first-order valence-electron chi connectivity index (χ1n) is 2.11. The highest BCUT2D eigenvalue weighted by Gasteiger charge is 1.80. The van der Waals surface area contributed by atoms with Crippen LogP contribution in [0.3, 0.4) is 0 Å². The van der Waals surface area contributed by atoms with Gasteiger partial charge in [-0.25, -0.2) is 0 Å². The molecule has 0 saturated heterocycles. The van der Waals surface area contributed by atoms with Gasteiger partial charge < -0.3 is 4.74 Å². The predicted molar refractivity (Wildman–Crippen MR) is 32.0 cm³/mol. The molecule has 0 radical (unpaired) electrons. The van der Waals surface area contributed by atoms with Crippen molar-refractivity contribution in [2.75, 3.05) is 18.6 Å². The highest BCUT2D eigenvalue weighted by atomic mass is 35.5. The molecule has 1 nitrogen and oxygen atoms in total. The lowest BCUT2D eigenvalue weighted by Crippen LogP contribution is -1.90. The summed E-state index contributed by atoms with van der Waals surface area (Å²) in [5.41, 5.74) is 0. The lowest BCUT2D eigenvalue weighted by atomic mass is 10.5. The van der Waals surface area contributed by atoms with E-state index < -0.39 is 0 Å². The fourth-order valence-electron chi connectivity index (χ4n) is 0.211. The molecule has 0 aromatic rings. The van der Waals surface area contributed by atoms with E-state index in [0.717, 1.165) is 6.42 Å². The van der Waals surface area contributed by atoms with Crippen molar-refractivity contribution in [3.05, 3.63) is 0 Å². The number of alkyl halides is 2. The van der Waals surface area contributed by atoms with Crippen molar-refractivity contribution in [3.8, 4) is 0 Å². The van der Waals surface area contributed by atoms with Gasteiger partial charge in [-0.2, -0.15) is 0 Å². The third kappa shape index (κ3) is 6.54. The fourth-order valence-corrected chi connectivity index (χ4v) is 0.429. The van der Waals surface area contributed by atoms with Gasteiger partial charge in [0.25, 0.3) is 0 Å². The van der Waals surface area contributed by atoms with E-state index >= 15 is 0 Å². The van der Waals surface area contributed by atoms with Crippen LogP contribution in [0.5, 0.6) is 0 Å². The minimum atomic E-state index is 0.275. The maximum Gasteiger partial charge on any atom is 0.120 e. The predicted octanol–water partition coefficient (Wildman–Crippen LogP) is 1.83. The molecule has 0 aliphatic carbocycles. The van der Waals surface area contributed by atoms with Gasteiger partial charge in [0.15, 0.2) is 0 Å². The molecule has 7 heavy (non-hydrogen) atoms. The molecule has 0 saturated carbocycles. The zero-order valence-corrected chi connectivity index (χ0v) is 5.50. The van der Waals surface area contributed by atoms with Crippen LogP contribution in [0.1, 0.15) is 6.42 Å². The van der Waals surface area contributed by atoms with Crippen LogP contribution in [0, 0.1) is 0 Å². The Morgan fingerprint density at radius 2 is 2.00 bits per heavy atom. The number of ether oxygens (including phenoxy) is 1. The third-order valence-electron chi connectivity index (χ3n) is 0.499. The lowest BCUT2D eigenvalue weighted by Gasteiger charge is -1.92. The van der Waals surface area contributed by atoms with Crippen LogP contribution in [0.15, 0.2) is 0 Å². The van der Waals surface area contributed by atoms with Crippen LogP contribution in [-0.2, 0) is 4.74 Å². The highest BCUT2D eigenvalue weighted by Crippen LogP contribution is 1.86. The monoisotopic (exact) mass is 142 g/mol. The normalized spacial score (nSPS) is 9.43. The molecule has 0 amide bonds. The van der Waals surface area contributed by atoms with Gasteiger partial charge in [-0.3, -0.25) is 0 Å². The van der Waals surface area contributed by atoms with E-state index in [1.165, 1.54) is 0 Å². The lowest BCUT2D eigenvalue weighted by molar-refractivity contribution is 0.180. The summed E-state index contributed by atoms with van der Waals surface area (Å²) in [6, 6.07) is 0.275. The molecule has 0 fully saturated rings. The molecule has 0 atom stereocenters. The van der Waals surface area contributed by atoms with Gasteiger partial charge in [0.1, 0.15) is 6.07 Å². The first-order chi connectivity index (χ1) is 3.41. The fraction of sp³-hybridized carbons (Fsp3) is 1.00. The second kappa shape index (κ2) is 6.54. The standard InChI is InChI=1S/C4H8Cl2O/c5-2-1-3-7-4-6/h1-4H2. The molecule has 0 rings (SSSR count). The molecule has 0 aromatic carbocycles. The Labute approximate surface area is 53.6 Å². The van der Waals surface area contributed by atoms with Crippen molar-refractivity contribution >= 4 is 23.2 Å². The Bertz CT molecular complexity index is 28.9. The summed E-state index contributed by atoms with van der Waals surface area (Å²) in [5.74, 6) is 0.650. The van der Waals surface area contributed by atoms with Crippen LogP contribution in [0.4, 0.5) is 0 Å². The van der Waals surface area contributed by atoms with E-state index in [4.69, 9.17) is 27.9 Å². The first kappa shape index (κ1) is 7.54. The van der Waals surface area contributed by atoms with Gasteiger partial charge in [0.2, 0.25) is 0 Å². The van der Waals surface area contributed by atoms with Crippen LogP contribution >= 0.6 is 23.2 Å². The van der Waals surface area contributed by atoms with Gasteiger partial charge in [0, 0.05) is 12.5 Å². The summed E-state index contributed by atoms with van der Waals surface area (Å²) < 4.78 is 4.75. The first-order valence-corrected chi connectivity index (χ1v) is 3.18. The Hall–Kier alpha value is 0.540. The summed E-state index contributed by atoms with van der Waals surface area (Å²) >= 11 is 10.5. The SMILES string of the molecule is ClCCCOCCl. The van der Waals surface area contributed by atoms with E-state index in [-0.39, 0.29) is 6.07 Å². The average molecular weight is 143 g/mol. The van der Waals surface area contributed by atoms with Crippen LogP contribution in [0.25, 0.3) is 0 Å². The van der Waals surface area contributed by atoms with E-state index in [1.807, 2.05) is 0 Å². The van der Waals surface area contributed by atoms with Gasteiger partial charge in [-0.05, 0) is 6.42 Å². The minimum absolute atomic E-state index is 0.275. The molecular weight excluding hydrogens is 135 g/mol. The maximum atomic E-state index is 5.31. The van der Waals surface area contributed by atoms with Crippen molar-refractivity contribution in [1.29, 1.82) is 0 Å². The van der Waals surface area contributed by atoms with Crippen LogP contribution in [0.2, 0.25) is 0 Å². The summed E-state index contributed by atoms with van der Waals surface area (Å²) in [7, 11) is 0. The van der Waals surface area contributed by atoms with E-state index in [1.54, 1.807) is 0 Å². The van der Waals surface area contributed by atoms with Crippen LogP contribution < -0.4 is 0 Å². The second-order valence-corrected chi connectivity index (χ2v) is 1.66. The van der Waals surface area contributed by atoms with Crippen molar-refractivity contribution in [1.82, 2.24) is 0 Å². The summed E-state index contributed by atoms with van der Waals surface area (Å²) in [6.45, 7) is 0.674. The summed E-state index contributed by atoms with van der Waals surface area (Å²) in [5, 5.41) is 0. The highest BCUT2D eigenvalue weighted by molar-refractivity contribution is 6.17. The molecule has 0 unspecified atom stereocenters. The second-order valence-electron chi connectivity index (χ2n) is 1.06. The van der Waals surface area contributed by atoms with Gasteiger partial charge in [0.05, 0.1) is 0 Å². The smallest absolute Gasteiger partial charge is 0.120 e. The van der Waals surface area contributed by atoms with Crippen LogP contribution in [-0.4, -0.2) is 18.6 Å². The van der Waals surface area contributed by atoms with Gasteiger partial charge in [-0.15, -0.1) is 11.6 Å². The molecule has 0 bridgehead atoms. The summed E-state index contributed by atoms with van der Waals surface area (Å²) in [4.78, 5) is 0. The average Bonchev–Trinajstić information content (AvgIpc) is 1.69. The molecule has 3 heteroatoms. The maximum absolute atomic E-state index is 5.31. The summed E-state index contributed by atoms with van der Waals surface area (Å²) in [6.07, 6.45) is 0.883. The molecule has 44 valence electrons. The Kier molecular flexibility index (Phi) is 7.04. The minimum Gasteiger partial charge on any atom is -0.366 e. The number of rotatable bonds is 4. The van der Waals surface area contributed by atoms with Gasteiger partial charge >= 0.3 is 0 Å². The number of hydrogen-bond acceptors (Lipinski definition) is 1. The molecule has 0 spiro atoms. The molecular formula is C4H8Cl2O.